The maximum Gasteiger partial charge on any atom is 0.322 e. The van der Waals surface area contributed by atoms with Gasteiger partial charge in [0.1, 0.15) is 5.82 Å². The van der Waals surface area contributed by atoms with E-state index in [2.05, 4.69) is 20.1 Å². The van der Waals surface area contributed by atoms with E-state index < -0.39 is 0 Å². The minimum Gasteiger partial charge on any atom is -0.373 e. The molecular weight excluding hydrogens is 318 g/mol. The number of nitrogens with zero attached hydrogens (tertiary/aromatic N) is 4. The van der Waals surface area contributed by atoms with Gasteiger partial charge in [-0.25, -0.2) is 9.78 Å². The van der Waals surface area contributed by atoms with Crippen molar-refractivity contribution in [2.45, 2.75) is 25.9 Å². The number of ether oxygens (including phenoxy) is 1. The van der Waals surface area contributed by atoms with Gasteiger partial charge in [-0.05, 0) is 46.0 Å². The Morgan fingerprint density at radius 1 is 1.32 bits per heavy atom. The zero-order valence-electron chi connectivity index (χ0n) is 15.5. The molecule has 1 atom stereocenters. The third kappa shape index (κ3) is 4.61. The van der Waals surface area contributed by atoms with E-state index in [0.29, 0.717) is 19.7 Å². The number of aryl methyl sites for hydroxylation is 1. The Morgan fingerprint density at radius 2 is 2.08 bits per heavy atom. The van der Waals surface area contributed by atoms with Gasteiger partial charge in [0.05, 0.1) is 24.1 Å². The number of pyridine rings is 1. The molecule has 25 heavy (non-hydrogen) atoms. The maximum absolute atomic E-state index is 12.6. The highest BCUT2D eigenvalue weighted by Gasteiger charge is 2.25. The van der Waals surface area contributed by atoms with Gasteiger partial charge in [-0.15, -0.1) is 0 Å². The van der Waals surface area contributed by atoms with Crippen molar-refractivity contribution in [1.82, 2.24) is 14.8 Å². The second kappa shape index (κ2) is 8.01. The van der Waals surface area contributed by atoms with E-state index in [4.69, 9.17) is 4.74 Å². The van der Waals surface area contributed by atoms with Crippen LogP contribution in [0.1, 0.15) is 18.5 Å². The number of carbonyl (C=O) groups excluding carboxylic acids is 1. The summed E-state index contributed by atoms with van der Waals surface area (Å²) < 4.78 is 5.73. The quantitative estimate of drug-likeness (QED) is 0.900. The molecular formula is C18H29N5O2. The first-order chi connectivity index (χ1) is 12.0. The summed E-state index contributed by atoms with van der Waals surface area (Å²) in [6.07, 6.45) is 2.51. The van der Waals surface area contributed by atoms with Gasteiger partial charge in [-0.3, -0.25) is 0 Å². The fourth-order valence-corrected chi connectivity index (χ4v) is 3.42. The number of hydrogen-bond donors (Lipinski definition) is 1. The van der Waals surface area contributed by atoms with Crippen molar-refractivity contribution in [3.8, 4) is 0 Å². The van der Waals surface area contributed by atoms with Gasteiger partial charge >= 0.3 is 6.03 Å². The second-order valence-electron chi connectivity index (χ2n) is 7.13. The Bertz CT molecular complexity index is 601. The number of amides is 2. The summed E-state index contributed by atoms with van der Waals surface area (Å²) in [4.78, 5) is 23.5. The van der Waals surface area contributed by atoms with Gasteiger partial charge in [-0.2, -0.15) is 0 Å². The van der Waals surface area contributed by atoms with E-state index in [1.807, 2.05) is 38.1 Å². The molecule has 3 rings (SSSR count). The molecule has 2 aliphatic heterocycles. The predicted octanol–water partition coefficient (Wildman–Crippen LogP) is 1.78. The summed E-state index contributed by atoms with van der Waals surface area (Å²) in [6.45, 7) is 6.71. The van der Waals surface area contributed by atoms with Crippen molar-refractivity contribution >= 4 is 17.5 Å². The number of likely N-dealkylation sites (N-methyl/N-ethyl adjacent to an activating group) is 1. The zero-order chi connectivity index (χ0) is 17.8. The number of aromatic nitrogens is 1. The van der Waals surface area contributed by atoms with Gasteiger partial charge < -0.3 is 24.8 Å². The molecule has 7 nitrogen and oxygen atoms in total. The molecule has 1 N–H and O–H groups in total. The molecule has 0 saturated carbocycles. The minimum atomic E-state index is -0.0779. The van der Waals surface area contributed by atoms with E-state index in [1.54, 1.807) is 0 Å². The lowest BCUT2D eigenvalue weighted by Crippen LogP contribution is -2.50. The van der Waals surface area contributed by atoms with E-state index >= 15 is 0 Å². The second-order valence-corrected chi connectivity index (χ2v) is 7.13. The normalized spacial score (nSPS) is 21.0. The summed E-state index contributed by atoms with van der Waals surface area (Å²) in [5, 5.41) is 3.01. The zero-order valence-corrected chi connectivity index (χ0v) is 15.5. The highest BCUT2D eigenvalue weighted by molar-refractivity contribution is 5.90. The van der Waals surface area contributed by atoms with Crippen LogP contribution in [0.3, 0.4) is 0 Å². The van der Waals surface area contributed by atoms with Crippen LogP contribution in [0.15, 0.2) is 12.1 Å². The first-order valence-corrected chi connectivity index (χ1v) is 9.08. The number of carbonyl (C=O) groups is 1. The lowest BCUT2D eigenvalue weighted by molar-refractivity contribution is -0.0228. The fourth-order valence-electron chi connectivity index (χ4n) is 3.42. The van der Waals surface area contributed by atoms with Gasteiger partial charge in [0, 0.05) is 32.7 Å². The Kier molecular flexibility index (Phi) is 5.75. The molecule has 2 saturated heterocycles. The van der Waals surface area contributed by atoms with Crippen molar-refractivity contribution in [2.24, 2.45) is 0 Å². The SMILES string of the molecule is Cc1nc(N2CCCC2)ccc1NC(=O)N1CCOC(CN(C)C)C1. The van der Waals surface area contributed by atoms with Gasteiger partial charge in [-0.1, -0.05) is 0 Å². The topological polar surface area (TPSA) is 60.9 Å². The van der Waals surface area contributed by atoms with Crippen molar-refractivity contribution < 1.29 is 9.53 Å². The summed E-state index contributed by atoms with van der Waals surface area (Å²) in [6, 6.07) is 3.89. The summed E-state index contributed by atoms with van der Waals surface area (Å²) >= 11 is 0. The number of morpholine rings is 1. The van der Waals surface area contributed by atoms with Crippen molar-refractivity contribution in [3.63, 3.8) is 0 Å². The smallest absolute Gasteiger partial charge is 0.322 e. The van der Waals surface area contributed by atoms with E-state index in [0.717, 1.165) is 36.8 Å². The van der Waals surface area contributed by atoms with Crippen LogP contribution in [0.4, 0.5) is 16.3 Å². The molecule has 2 aliphatic rings. The fraction of sp³-hybridized carbons (Fsp3) is 0.667. The third-order valence-electron chi connectivity index (χ3n) is 4.74. The molecule has 2 amide bonds. The van der Waals surface area contributed by atoms with Crippen LogP contribution in [-0.2, 0) is 4.74 Å². The van der Waals surface area contributed by atoms with Crippen LogP contribution >= 0.6 is 0 Å². The lowest BCUT2D eigenvalue weighted by atomic mass is 10.2. The van der Waals surface area contributed by atoms with Crippen molar-refractivity contribution in [3.05, 3.63) is 17.8 Å². The average Bonchev–Trinajstić information content (AvgIpc) is 3.11. The number of nitrogens with one attached hydrogen (secondary N) is 1. The summed E-state index contributed by atoms with van der Waals surface area (Å²) in [5.74, 6) is 1.01. The highest BCUT2D eigenvalue weighted by atomic mass is 16.5. The molecule has 0 bridgehead atoms. The van der Waals surface area contributed by atoms with Gasteiger partial charge in [0.2, 0.25) is 0 Å². The van der Waals surface area contributed by atoms with Crippen LogP contribution in [0.5, 0.6) is 0 Å². The van der Waals surface area contributed by atoms with Crippen LogP contribution in [0, 0.1) is 6.92 Å². The summed E-state index contributed by atoms with van der Waals surface area (Å²) in [7, 11) is 4.03. The molecule has 1 aromatic rings. The average molecular weight is 347 g/mol. The first-order valence-electron chi connectivity index (χ1n) is 9.08. The molecule has 138 valence electrons. The monoisotopic (exact) mass is 347 g/mol. The number of hydrogen-bond acceptors (Lipinski definition) is 5. The number of urea groups is 1. The maximum atomic E-state index is 12.6. The molecule has 1 unspecified atom stereocenters. The Morgan fingerprint density at radius 3 is 2.76 bits per heavy atom. The lowest BCUT2D eigenvalue weighted by Gasteiger charge is -2.34. The molecule has 0 radical (unpaired) electrons. The van der Waals surface area contributed by atoms with Gasteiger partial charge in [0.25, 0.3) is 0 Å². The van der Waals surface area contributed by atoms with Crippen LogP contribution in [-0.4, -0.2) is 80.3 Å². The van der Waals surface area contributed by atoms with E-state index in [9.17, 15) is 4.79 Å². The molecule has 1 aromatic heterocycles. The molecule has 0 spiro atoms. The van der Waals surface area contributed by atoms with Crippen molar-refractivity contribution in [2.75, 3.05) is 63.6 Å². The first kappa shape index (κ1) is 17.9. The summed E-state index contributed by atoms with van der Waals surface area (Å²) in [5.41, 5.74) is 1.64. The molecule has 2 fully saturated rings. The Labute approximate surface area is 149 Å². The molecule has 0 aromatic carbocycles. The minimum absolute atomic E-state index is 0.0614. The predicted molar refractivity (Wildman–Crippen MR) is 99.3 cm³/mol. The molecule has 7 heteroatoms. The standard InChI is InChI=1S/C18H29N5O2/c1-14-16(6-7-17(19-14)22-8-4-5-9-22)20-18(24)23-10-11-25-15(13-23)12-21(2)3/h6-7,15H,4-5,8-13H2,1-3H3,(H,20,24). The highest BCUT2D eigenvalue weighted by Crippen LogP contribution is 2.22. The third-order valence-corrected chi connectivity index (χ3v) is 4.74. The van der Waals surface area contributed by atoms with Crippen molar-refractivity contribution in [1.29, 1.82) is 0 Å². The largest absolute Gasteiger partial charge is 0.373 e. The molecule has 3 heterocycles. The van der Waals surface area contributed by atoms with Crippen LogP contribution in [0.2, 0.25) is 0 Å². The number of rotatable bonds is 4. The molecule has 0 aliphatic carbocycles. The van der Waals surface area contributed by atoms with Crippen LogP contribution < -0.4 is 10.2 Å². The van der Waals surface area contributed by atoms with E-state index in [-0.39, 0.29) is 12.1 Å². The Hall–Kier alpha value is -1.86. The van der Waals surface area contributed by atoms with Gasteiger partial charge in [0.15, 0.2) is 0 Å². The number of anilines is 2. The van der Waals surface area contributed by atoms with Crippen LogP contribution in [0.25, 0.3) is 0 Å². The Balaban J connectivity index is 1.60. The van der Waals surface area contributed by atoms with E-state index in [1.165, 1.54) is 12.8 Å².